The number of aryl methyl sites for hydroxylation is 1. The molecule has 1 unspecified atom stereocenters. The van der Waals surface area contributed by atoms with E-state index >= 15 is 0 Å². The van der Waals surface area contributed by atoms with E-state index in [1.807, 2.05) is 6.92 Å². The molecule has 0 radical (unpaired) electrons. The SMILES string of the molecule is CCNC(c1cc(C)c(F)cc1F)c1cccc(Br)c1F. The van der Waals surface area contributed by atoms with Crippen molar-refractivity contribution in [2.24, 2.45) is 0 Å². The van der Waals surface area contributed by atoms with Gasteiger partial charge >= 0.3 is 0 Å². The van der Waals surface area contributed by atoms with E-state index in [1.165, 1.54) is 6.07 Å². The molecule has 0 bridgehead atoms. The molecule has 0 saturated heterocycles. The van der Waals surface area contributed by atoms with Crippen molar-refractivity contribution in [2.45, 2.75) is 19.9 Å². The van der Waals surface area contributed by atoms with Crippen molar-refractivity contribution in [3.05, 3.63) is 68.9 Å². The summed E-state index contributed by atoms with van der Waals surface area (Å²) in [4.78, 5) is 0. The maximum absolute atomic E-state index is 14.3. The molecule has 0 fully saturated rings. The summed E-state index contributed by atoms with van der Waals surface area (Å²) < 4.78 is 42.1. The standard InChI is InChI=1S/C16H15BrF3N/c1-3-21-16(10-5-4-6-12(17)15(10)20)11-7-9(2)13(18)8-14(11)19/h4-8,16,21H,3H2,1-2H3. The van der Waals surface area contributed by atoms with Crippen LogP contribution >= 0.6 is 15.9 Å². The van der Waals surface area contributed by atoms with Gasteiger partial charge in [0.1, 0.15) is 17.5 Å². The lowest BCUT2D eigenvalue weighted by Gasteiger charge is -2.21. The number of nitrogens with one attached hydrogen (secondary N) is 1. The first-order valence-electron chi connectivity index (χ1n) is 6.58. The zero-order valence-electron chi connectivity index (χ0n) is 11.7. The van der Waals surface area contributed by atoms with Gasteiger partial charge in [-0.15, -0.1) is 0 Å². The van der Waals surface area contributed by atoms with Gasteiger partial charge in [-0.1, -0.05) is 19.1 Å². The van der Waals surface area contributed by atoms with Gasteiger partial charge in [0.25, 0.3) is 0 Å². The molecule has 0 aromatic heterocycles. The molecule has 1 nitrogen and oxygen atoms in total. The highest BCUT2D eigenvalue weighted by Crippen LogP contribution is 2.30. The lowest BCUT2D eigenvalue weighted by atomic mass is 9.96. The van der Waals surface area contributed by atoms with Crippen molar-refractivity contribution >= 4 is 15.9 Å². The highest BCUT2D eigenvalue weighted by atomic mass is 79.9. The summed E-state index contributed by atoms with van der Waals surface area (Å²) in [5.41, 5.74) is 0.869. The van der Waals surface area contributed by atoms with E-state index in [-0.39, 0.29) is 5.56 Å². The molecule has 0 aliphatic carbocycles. The van der Waals surface area contributed by atoms with Gasteiger partial charge < -0.3 is 5.32 Å². The molecule has 2 rings (SSSR count). The lowest BCUT2D eigenvalue weighted by molar-refractivity contribution is 0.518. The number of hydrogen-bond donors (Lipinski definition) is 1. The molecular formula is C16H15BrF3N. The average molecular weight is 358 g/mol. The summed E-state index contributed by atoms with van der Waals surface area (Å²) in [6, 6.07) is 6.43. The Morgan fingerprint density at radius 3 is 2.48 bits per heavy atom. The molecule has 5 heteroatoms. The first kappa shape index (κ1) is 16.0. The van der Waals surface area contributed by atoms with Crippen molar-refractivity contribution in [2.75, 3.05) is 6.54 Å². The fraction of sp³-hybridized carbons (Fsp3) is 0.250. The van der Waals surface area contributed by atoms with E-state index in [2.05, 4.69) is 21.2 Å². The molecule has 0 spiro atoms. The summed E-state index contributed by atoms with van der Waals surface area (Å²) in [7, 11) is 0. The second kappa shape index (κ2) is 6.62. The minimum atomic E-state index is -0.691. The Morgan fingerprint density at radius 2 is 1.81 bits per heavy atom. The first-order valence-corrected chi connectivity index (χ1v) is 7.37. The molecule has 21 heavy (non-hydrogen) atoms. The van der Waals surface area contributed by atoms with Gasteiger partial charge in [0, 0.05) is 17.2 Å². The van der Waals surface area contributed by atoms with Gasteiger partial charge in [0.2, 0.25) is 0 Å². The largest absolute Gasteiger partial charge is 0.306 e. The second-order valence-electron chi connectivity index (χ2n) is 4.76. The third kappa shape index (κ3) is 3.30. The van der Waals surface area contributed by atoms with Crippen LogP contribution in [0.3, 0.4) is 0 Å². The first-order chi connectivity index (χ1) is 9.95. The van der Waals surface area contributed by atoms with Crippen LogP contribution < -0.4 is 5.32 Å². The third-order valence-electron chi connectivity index (χ3n) is 3.29. The zero-order valence-corrected chi connectivity index (χ0v) is 13.3. The minimum absolute atomic E-state index is 0.229. The number of halogens is 4. The zero-order chi connectivity index (χ0) is 15.6. The summed E-state index contributed by atoms with van der Waals surface area (Å²) in [5, 5.41) is 3.05. The van der Waals surface area contributed by atoms with E-state index in [1.54, 1.807) is 25.1 Å². The van der Waals surface area contributed by atoms with Crippen LogP contribution in [-0.4, -0.2) is 6.54 Å². The lowest BCUT2D eigenvalue weighted by Crippen LogP contribution is -2.24. The van der Waals surface area contributed by atoms with Crippen LogP contribution in [0.4, 0.5) is 13.2 Å². The van der Waals surface area contributed by atoms with Crippen LogP contribution in [0, 0.1) is 24.4 Å². The van der Waals surface area contributed by atoms with Gasteiger partial charge in [-0.3, -0.25) is 0 Å². The Balaban J connectivity index is 2.59. The van der Waals surface area contributed by atoms with Crippen LogP contribution in [0.25, 0.3) is 0 Å². The summed E-state index contributed by atoms with van der Waals surface area (Å²) in [5.74, 6) is -1.76. The molecule has 2 aromatic rings. The molecule has 0 amide bonds. The van der Waals surface area contributed by atoms with E-state index in [0.29, 0.717) is 22.1 Å². The quantitative estimate of drug-likeness (QED) is 0.822. The Bertz CT molecular complexity index is 658. The molecule has 112 valence electrons. The van der Waals surface area contributed by atoms with Crippen molar-refractivity contribution < 1.29 is 13.2 Å². The number of hydrogen-bond acceptors (Lipinski definition) is 1. The highest BCUT2D eigenvalue weighted by Gasteiger charge is 2.22. The Morgan fingerprint density at radius 1 is 1.10 bits per heavy atom. The maximum Gasteiger partial charge on any atom is 0.142 e. The van der Waals surface area contributed by atoms with Gasteiger partial charge in [0.05, 0.1) is 10.5 Å². The predicted octanol–water partition coefficient (Wildman–Crippen LogP) is 4.87. The molecule has 0 aliphatic rings. The van der Waals surface area contributed by atoms with Crippen LogP contribution in [0.5, 0.6) is 0 Å². The van der Waals surface area contributed by atoms with Crippen LogP contribution in [0.15, 0.2) is 34.8 Å². The average Bonchev–Trinajstić information content (AvgIpc) is 2.44. The van der Waals surface area contributed by atoms with E-state index in [4.69, 9.17) is 0 Å². The highest BCUT2D eigenvalue weighted by molar-refractivity contribution is 9.10. The van der Waals surface area contributed by atoms with E-state index in [0.717, 1.165) is 6.07 Å². The Labute approximate surface area is 130 Å². The topological polar surface area (TPSA) is 12.0 Å². The molecular weight excluding hydrogens is 343 g/mol. The molecule has 0 heterocycles. The maximum atomic E-state index is 14.3. The molecule has 0 aliphatic heterocycles. The van der Waals surface area contributed by atoms with Crippen molar-refractivity contribution in [1.82, 2.24) is 5.32 Å². The van der Waals surface area contributed by atoms with Crippen LogP contribution in [0.2, 0.25) is 0 Å². The molecule has 0 saturated carbocycles. The third-order valence-corrected chi connectivity index (χ3v) is 3.90. The fourth-order valence-corrected chi connectivity index (χ4v) is 2.62. The summed E-state index contributed by atoms with van der Waals surface area (Å²) in [6.07, 6.45) is 0. The van der Waals surface area contributed by atoms with E-state index in [9.17, 15) is 13.2 Å². The van der Waals surface area contributed by atoms with E-state index < -0.39 is 23.5 Å². The van der Waals surface area contributed by atoms with Gasteiger partial charge in [-0.05, 0) is 47.1 Å². The van der Waals surface area contributed by atoms with Crippen LogP contribution in [-0.2, 0) is 0 Å². The van der Waals surface area contributed by atoms with Gasteiger partial charge in [-0.25, -0.2) is 13.2 Å². The minimum Gasteiger partial charge on any atom is -0.306 e. The van der Waals surface area contributed by atoms with Crippen molar-refractivity contribution in [3.8, 4) is 0 Å². The smallest absolute Gasteiger partial charge is 0.142 e. The fourth-order valence-electron chi connectivity index (χ4n) is 2.24. The van der Waals surface area contributed by atoms with Crippen molar-refractivity contribution in [3.63, 3.8) is 0 Å². The van der Waals surface area contributed by atoms with Crippen LogP contribution in [0.1, 0.15) is 29.7 Å². The predicted molar refractivity (Wildman–Crippen MR) is 80.7 cm³/mol. The Hall–Kier alpha value is -1.33. The number of rotatable bonds is 4. The van der Waals surface area contributed by atoms with Gasteiger partial charge in [-0.2, -0.15) is 0 Å². The second-order valence-corrected chi connectivity index (χ2v) is 5.61. The molecule has 2 aromatic carbocycles. The molecule has 1 N–H and O–H groups in total. The normalized spacial score (nSPS) is 12.5. The molecule has 1 atom stereocenters. The van der Waals surface area contributed by atoms with Gasteiger partial charge in [0.15, 0.2) is 0 Å². The monoisotopic (exact) mass is 357 g/mol. The summed E-state index contributed by atoms with van der Waals surface area (Å²) >= 11 is 3.13. The Kier molecular flexibility index (Phi) is 5.06. The number of benzene rings is 2. The summed E-state index contributed by atoms with van der Waals surface area (Å²) in [6.45, 7) is 3.92. The van der Waals surface area contributed by atoms with Crippen molar-refractivity contribution in [1.29, 1.82) is 0 Å².